The van der Waals surface area contributed by atoms with Crippen molar-refractivity contribution in [2.45, 2.75) is 60.6 Å². The van der Waals surface area contributed by atoms with E-state index in [-0.39, 0.29) is 5.41 Å². The second-order valence-electron chi connectivity index (χ2n) is 10.5. The molecular formula is C30H40N4S2. The van der Waals surface area contributed by atoms with Gasteiger partial charge in [-0.2, -0.15) is 0 Å². The summed E-state index contributed by atoms with van der Waals surface area (Å²) in [5.74, 6) is 0. The number of nitrogens with zero attached hydrogens (tertiary/aromatic N) is 3. The van der Waals surface area contributed by atoms with Gasteiger partial charge in [0.15, 0.2) is 0 Å². The fourth-order valence-electron chi connectivity index (χ4n) is 6.12. The number of piperidine rings is 1. The largest absolute Gasteiger partial charge is 0.317 e. The van der Waals surface area contributed by atoms with E-state index in [0.29, 0.717) is 6.04 Å². The highest BCUT2D eigenvalue weighted by molar-refractivity contribution is 7.99. The number of likely N-dealkylation sites (tertiary alicyclic amines) is 1. The molecule has 5 rings (SSSR count). The van der Waals surface area contributed by atoms with Gasteiger partial charge in [0, 0.05) is 24.2 Å². The number of hydrogen-bond acceptors (Lipinski definition) is 6. The highest BCUT2D eigenvalue weighted by Crippen LogP contribution is 2.42. The van der Waals surface area contributed by atoms with Crippen molar-refractivity contribution in [3.8, 4) is 10.6 Å². The van der Waals surface area contributed by atoms with Crippen molar-refractivity contribution >= 4 is 23.3 Å². The van der Waals surface area contributed by atoms with Crippen molar-refractivity contribution in [1.82, 2.24) is 19.5 Å². The first-order chi connectivity index (χ1) is 17.6. The standard InChI is InChI=1S/C30H40N4S2/c1-31-25-15-20-34(21-16-25)22-18-30(17-7-5-10-24-9-3-4-11-26(24)30)23-33(2)36-29-14-13-28(35-29)27-12-6-8-19-32-27/h3-4,6,8-9,11-14,19,25,31H,5,7,10,15-18,20-23H2,1-2H3. The Balaban J connectivity index is 1.32. The fourth-order valence-corrected chi connectivity index (χ4v) is 8.38. The molecule has 1 N–H and O–H groups in total. The van der Waals surface area contributed by atoms with Gasteiger partial charge in [0.05, 0.1) is 14.8 Å². The van der Waals surface area contributed by atoms with Crippen LogP contribution < -0.4 is 5.32 Å². The summed E-state index contributed by atoms with van der Waals surface area (Å²) in [5.41, 5.74) is 4.46. The summed E-state index contributed by atoms with van der Waals surface area (Å²) in [7, 11) is 4.40. The third kappa shape index (κ3) is 6.22. The maximum Gasteiger partial charge on any atom is 0.0802 e. The molecule has 1 aromatic carbocycles. The lowest BCUT2D eigenvalue weighted by molar-refractivity contribution is 0.173. The maximum atomic E-state index is 4.54. The summed E-state index contributed by atoms with van der Waals surface area (Å²) in [5, 5.41) is 3.48. The molecule has 1 aliphatic heterocycles. The molecule has 0 spiro atoms. The van der Waals surface area contributed by atoms with Crippen LogP contribution in [0, 0.1) is 0 Å². The van der Waals surface area contributed by atoms with Crippen molar-refractivity contribution in [2.75, 3.05) is 40.3 Å². The first-order valence-electron chi connectivity index (χ1n) is 13.5. The molecule has 1 saturated heterocycles. The van der Waals surface area contributed by atoms with Gasteiger partial charge in [0.1, 0.15) is 0 Å². The number of aromatic nitrogens is 1. The van der Waals surface area contributed by atoms with Crippen molar-refractivity contribution < 1.29 is 0 Å². The summed E-state index contributed by atoms with van der Waals surface area (Å²) >= 11 is 3.75. The van der Waals surface area contributed by atoms with E-state index in [4.69, 9.17) is 0 Å². The van der Waals surface area contributed by atoms with Crippen LogP contribution in [0.25, 0.3) is 10.6 Å². The van der Waals surface area contributed by atoms with Gasteiger partial charge < -0.3 is 10.2 Å². The van der Waals surface area contributed by atoms with E-state index in [1.165, 1.54) is 73.7 Å². The summed E-state index contributed by atoms with van der Waals surface area (Å²) in [6.45, 7) is 4.73. The molecule has 1 aliphatic carbocycles. The summed E-state index contributed by atoms with van der Waals surface area (Å²) in [6.07, 6.45) is 10.8. The fraction of sp³-hybridized carbons (Fsp3) is 0.500. The van der Waals surface area contributed by atoms with E-state index in [2.05, 4.69) is 82.1 Å². The predicted molar refractivity (Wildman–Crippen MR) is 155 cm³/mol. The van der Waals surface area contributed by atoms with Crippen molar-refractivity contribution in [1.29, 1.82) is 0 Å². The SMILES string of the molecule is CNC1CCN(CCC2(CN(C)Sc3ccc(-c4ccccn4)s3)CCCCc3ccccc32)CC1. The zero-order valence-corrected chi connectivity index (χ0v) is 23.4. The van der Waals surface area contributed by atoms with Gasteiger partial charge in [-0.05, 0) is 120 Å². The molecule has 1 fully saturated rings. The quantitative estimate of drug-likeness (QED) is 0.258. The van der Waals surface area contributed by atoms with E-state index in [1.807, 2.05) is 35.5 Å². The molecule has 3 heterocycles. The average molecular weight is 521 g/mol. The highest BCUT2D eigenvalue weighted by atomic mass is 32.2. The van der Waals surface area contributed by atoms with Crippen molar-refractivity contribution in [3.63, 3.8) is 0 Å². The van der Waals surface area contributed by atoms with Crippen LogP contribution in [-0.4, -0.2) is 60.5 Å². The molecule has 4 nitrogen and oxygen atoms in total. The molecule has 1 unspecified atom stereocenters. The third-order valence-corrected chi connectivity index (χ3v) is 10.2. The number of rotatable bonds is 9. The first kappa shape index (κ1) is 25.9. The van der Waals surface area contributed by atoms with Crippen LogP contribution >= 0.6 is 23.3 Å². The molecule has 6 heteroatoms. The molecule has 0 radical (unpaired) electrons. The van der Waals surface area contributed by atoms with Crippen LogP contribution in [0.4, 0.5) is 0 Å². The Hall–Kier alpha value is -1.70. The zero-order chi connectivity index (χ0) is 24.8. The molecule has 0 saturated carbocycles. The van der Waals surface area contributed by atoms with Gasteiger partial charge in [-0.3, -0.25) is 4.98 Å². The molecule has 0 amide bonds. The minimum atomic E-state index is 0.204. The molecule has 192 valence electrons. The molecule has 0 bridgehead atoms. The number of hydrogen-bond donors (Lipinski definition) is 1. The Morgan fingerprint density at radius 1 is 1.08 bits per heavy atom. The van der Waals surface area contributed by atoms with Crippen LogP contribution in [0.1, 0.15) is 49.7 Å². The van der Waals surface area contributed by atoms with E-state index in [9.17, 15) is 0 Å². The predicted octanol–water partition coefficient (Wildman–Crippen LogP) is 6.49. The zero-order valence-electron chi connectivity index (χ0n) is 21.8. The Labute approximate surface area is 225 Å². The molecule has 1 atom stereocenters. The van der Waals surface area contributed by atoms with Gasteiger partial charge in [0.2, 0.25) is 0 Å². The number of likely N-dealkylation sites (N-methyl/N-ethyl adjacent to an activating group) is 1. The van der Waals surface area contributed by atoms with Crippen LogP contribution in [-0.2, 0) is 11.8 Å². The maximum absolute atomic E-state index is 4.54. The van der Waals surface area contributed by atoms with Gasteiger partial charge in [-0.1, -0.05) is 36.8 Å². The summed E-state index contributed by atoms with van der Waals surface area (Å²) in [4.78, 5) is 8.50. The van der Waals surface area contributed by atoms with Crippen molar-refractivity contribution in [2.24, 2.45) is 0 Å². The van der Waals surface area contributed by atoms with Gasteiger partial charge >= 0.3 is 0 Å². The Kier molecular flexibility index (Phi) is 8.81. The lowest BCUT2D eigenvalue weighted by Gasteiger charge is -2.40. The minimum Gasteiger partial charge on any atom is -0.317 e. The van der Waals surface area contributed by atoms with E-state index in [1.54, 1.807) is 11.1 Å². The number of aryl methyl sites for hydroxylation is 1. The van der Waals surface area contributed by atoms with Gasteiger partial charge in [-0.15, -0.1) is 11.3 Å². The number of thiophene rings is 1. The smallest absolute Gasteiger partial charge is 0.0802 e. The van der Waals surface area contributed by atoms with Crippen LogP contribution in [0.5, 0.6) is 0 Å². The Bertz CT molecular complexity index is 1090. The van der Waals surface area contributed by atoms with Gasteiger partial charge in [0.25, 0.3) is 0 Å². The molecule has 2 aromatic heterocycles. The normalized spacial score (nSPS) is 21.4. The lowest BCUT2D eigenvalue weighted by atomic mass is 9.73. The molecule has 3 aromatic rings. The Morgan fingerprint density at radius 3 is 2.72 bits per heavy atom. The van der Waals surface area contributed by atoms with Gasteiger partial charge in [-0.25, -0.2) is 4.31 Å². The van der Waals surface area contributed by atoms with Crippen LogP contribution in [0.15, 0.2) is 65.0 Å². The van der Waals surface area contributed by atoms with Crippen LogP contribution in [0.3, 0.4) is 0 Å². The second kappa shape index (κ2) is 12.2. The minimum absolute atomic E-state index is 0.204. The summed E-state index contributed by atoms with van der Waals surface area (Å²) < 4.78 is 3.84. The third-order valence-electron chi connectivity index (χ3n) is 8.11. The monoisotopic (exact) mass is 520 g/mol. The van der Waals surface area contributed by atoms with Crippen LogP contribution in [0.2, 0.25) is 0 Å². The van der Waals surface area contributed by atoms with E-state index in [0.717, 1.165) is 12.2 Å². The molecule has 36 heavy (non-hydrogen) atoms. The molecule has 2 aliphatic rings. The molecular weight excluding hydrogens is 480 g/mol. The lowest BCUT2D eigenvalue weighted by Crippen LogP contribution is -2.45. The number of benzene rings is 1. The highest BCUT2D eigenvalue weighted by Gasteiger charge is 2.37. The Morgan fingerprint density at radius 2 is 1.92 bits per heavy atom. The number of pyridine rings is 1. The first-order valence-corrected chi connectivity index (χ1v) is 15.1. The second-order valence-corrected chi connectivity index (χ2v) is 13.1. The van der Waals surface area contributed by atoms with E-state index < -0.39 is 0 Å². The number of fused-ring (bicyclic) bond motifs is 1. The van der Waals surface area contributed by atoms with Crippen molar-refractivity contribution in [3.05, 3.63) is 71.9 Å². The summed E-state index contributed by atoms with van der Waals surface area (Å²) in [6, 6.07) is 20.6. The topological polar surface area (TPSA) is 31.4 Å². The van der Waals surface area contributed by atoms with E-state index >= 15 is 0 Å². The average Bonchev–Trinajstić information content (AvgIpc) is 3.31. The number of nitrogens with one attached hydrogen (secondary N) is 1.